The van der Waals surface area contributed by atoms with Crippen LogP contribution in [0.2, 0.25) is 0 Å². The lowest BCUT2D eigenvalue weighted by Crippen LogP contribution is -2.50. The van der Waals surface area contributed by atoms with Crippen LogP contribution in [0.1, 0.15) is 218 Å². The highest BCUT2D eigenvalue weighted by Gasteiger charge is 2.48. The average Bonchev–Trinajstić information content (AvgIpc) is 1.48. The van der Waals surface area contributed by atoms with Crippen LogP contribution in [0, 0.1) is 47.9 Å². The predicted octanol–water partition coefficient (Wildman–Crippen LogP) is 19.2. The molecule has 1 saturated heterocycles. The highest BCUT2D eigenvalue weighted by atomic mass is 32.2. The number of anilines is 3. The highest BCUT2D eigenvalue weighted by Crippen LogP contribution is 2.51. The molecular formula is C110H121F4N11O18S5+2. The Hall–Kier alpha value is -12.5. The number of aryl methyl sites for hydroxylation is 1. The van der Waals surface area contributed by atoms with Crippen molar-refractivity contribution in [3.63, 3.8) is 0 Å². The molecule has 6 aliphatic heterocycles. The topological polar surface area (TPSA) is 388 Å². The van der Waals surface area contributed by atoms with E-state index in [2.05, 4.69) is 72.7 Å². The van der Waals surface area contributed by atoms with Crippen molar-refractivity contribution >= 4 is 126 Å². The number of carbonyl (C=O) groups excluding carboxylic acids is 5. The van der Waals surface area contributed by atoms with E-state index in [9.17, 15) is 62.9 Å². The normalized spacial score (nSPS) is 18.2. The number of fused-ring (bicyclic) bond motifs is 6. The number of carbonyl (C=O) groups is 5. The zero-order valence-corrected chi connectivity index (χ0v) is 87.7. The van der Waals surface area contributed by atoms with E-state index in [4.69, 9.17) is 9.15 Å². The van der Waals surface area contributed by atoms with Gasteiger partial charge in [-0.25, -0.2) is 21.9 Å². The van der Waals surface area contributed by atoms with Crippen LogP contribution in [0.5, 0.6) is 5.75 Å². The van der Waals surface area contributed by atoms with Crippen molar-refractivity contribution < 1.29 is 103 Å². The van der Waals surface area contributed by atoms with Gasteiger partial charge in [0.1, 0.15) is 36.2 Å². The molecule has 17 rings (SSSR count). The zero-order valence-electron chi connectivity index (χ0n) is 83.6. The summed E-state index contributed by atoms with van der Waals surface area (Å²) in [6.07, 6.45) is 18.1. The fourth-order valence-electron chi connectivity index (χ4n) is 21.9. The van der Waals surface area contributed by atoms with Crippen LogP contribution in [-0.4, -0.2) is 165 Å². The Morgan fingerprint density at radius 3 is 2.05 bits per heavy atom. The Labute approximate surface area is 862 Å². The van der Waals surface area contributed by atoms with Crippen molar-refractivity contribution in [2.24, 2.45) is 17.8 Å². The number of nitrogens with one attached hydrogen (secondary N) is 3. The maximum Gasteiger partial charge on any atom is 0.294 e. The molecule has 8 heterocycles. The van der Waals surface area contributed by atoms with Gasteiger partial charge in [-0.05, 0) is 225 Å². The maximum absolute atomic E-state index is 16.3. The van der Waals surface area contributed by atoms with Gasteiger partial charge in [-0.15, -0.1) is 5.10 Å². The van der Waals surface area contributed by atoms with Gasteiger partial charge >= 0.3 is 0 Å². The van der Waals surface area contributed by atoms with E-state index < -0.39 is 128 Å². The molecule has 2 fully saturated rings. The summed E-state index contributed by atoms with van der Waals surface area (Å²) in [4.78, 5) is 73.2. The molecule has 29 nitrogen and oxygen atoms in total. The molecule has 2 aromatic heterocycles. The molecule has 6 N–H and O–H groups in total. The molecule has 148 heavy (non-hydrogen) atoms. The summed E-state index contributed by atoms with van der Waals surface area (Å²) >= 11 is 1.35. The van der Waals surface area contributed by atoms with Crippen molar-refractivity contribution in [1.29, 1.82) is 0 Å². The Kier molecular flexibility index (Phi) is 31.4. The van der Waals surface area contributed by atoms with Crippen molar-refractivity contribution in [2.45, 2.75) is 219 Å². The number of Topliss-reactive ketones (excluding diaryl/α,β-unsaturated/α-hetero) is 2. The Morgan fingerprint density at radius 2 is 1.34 bits per heavy atom. The fraction of sp³-hybridized carbons (Fsp3) is 0.391. The lowest BCUT2D eigenvalue weighted by molar-refractivity contribution is -0.433. The summed E-state index contributed by atoms with van der Waals surface area (Å²) < 4.78 is 217. The number of aromatic nitrogens is 3. The second kappa shape index (κ2) is 43.6. The number of nitrogens with zero attached hydrogens (tertiary/aromatic N) is 8. The molecule has 8 aliphatic rings. The molecule has 0 unspecified atom stereocenters. The van der Waals surface area contributed by atoms with Crippen LogP contribution >= 0.6 is 11.3 Å². The zero-order chi connectivity index (χ0) is 105. The summed E-state index contributed by atoms with van der Waals surface area (Å²) in [5, 5.41) is 22.9. The molecule has 1 saturated carbocycles. The monoisotopic (exact) mass is 2120 g/mol. The minimum atomic E-state index is -4.56. The molecule has 780 valence electrons. The molecule has 0 radical (unpaired) electrons. The average molecular weight is 2120 g/mol. The maximum atomic E-state index is 16.3. The number of ketones is 2. The molecule has 2 atom stereocenters. The molecule has 0 bridgehead atoms. The van der Waals surface area contributed by atoms with Gasteiger partial charge in [0.25, 0.3) is 36.3 Å². The molecule has 9 aromatic rings. The van der Waals surface area contributed by atoms with E-state index in [0.717, 1.165) is 101 Å². The number of hydrogen-bond donors (Lipinski definition) is 6. The van der Waals surface area contributed by atoms with E-state index in [1.807, 2.05) is 113 Å². The number of hydrogen-bond acceptors (Lipinski definition) is 20. The second-order valence-corrected chi connectivity index (χ2v) is 47.4. The summed E-state index contributed by atoms with van der Waals surface area (Å²) in [5.74, 6) is -12.7. The highest BCUT2D eigenvalue weighted by molar-refractivity contribution is 7.89. The summed E-state index contributed by atoms with van der Waals surface area (Å²) in [5.41, 5.74) is 9.42. The third-order valence-corrected chi connectivity index (χ3v) is 35.3. The van der Waals surface area contributed by atoms with E-state index in [-0.39, 0.29) is 121 Å². The quantitative estimate of drug-likeness (QED) is 0.00304. The summed E-state index contributed by atoms with van der Waals surface area (Å²) in [6.45, 7) is 17.3. The number of rotatable bonds is 39. The fourth-order valence-corrected chi connectivity index (χ4v) is 25.7. The Balaban J connectivity index is 0.507. The van der Waals surface area contributed by atoms with Crippen LogP contribution < -0.4 is 40.4 Å². The predicted molar refractivity (Wildman–Crippen MR) is 556 cm³/mol. The van der Waals surface area contributed by atoms with Gasteiger partial charge in [0.15, 0.2) is 41.2 Å². The number of halogens is 4. The van der Waals surface area contributed by atoms with E-state index in [1.165, 1.54) is 68.5 Å². The first-order valence-corrected chi connectivity index (χ1v) is 56.9. The van der Waals surface area contributed by atoms with Crippen molar-refractivity contribution in [3.8, 4) is 28.2 Å². The van der Waals surface area contributed by atoms with E-state index in [1.54, 1.807) is 59.3 Å². The number of amides is 3. The first-order chi connectivity index (χ1) is 70.4. The minimum absolute atomic E-state index is 0.00577. The van der Waals surface area contributed by atoms with Crippen molar-refractivity contribution in [2.75, 3.05) is 68.8 Å². The largest absolute Gasteiger partial charge is 0.479 e. The van der Waals surface area contributed by atoms with Gasteiger partial charge in [-0.2, -0.15) is 58.8 Å². The van der Waals surface area contributed by atoms with Gasteiger partial charge in [0.05, 0.1) is 53.9 Å². The second-order valence-electron chi connectivity index (χ2n) is 40.5. The third-order valence-electron chi connectivity index (χ3n) is 30.1. The van der Waals surface area contributed by atoms with E-state index >= 15 is 26.0 Å². The van der Waals surface area contributed by atoms with Crippen molar-refractivity contribution in [3.05, 3.63) is 266 Å². The Bertz CT molecular complexity index is 7710. The summed E-state index contributed by atoms with van der Waals surface area (Å²) in [7, 11) is -17.7. The number of benzene rings is 8. The van der Waals surface area contributed by atoms with Crippen molar-refractivity contribution in [1.82, 2.24) is 39.8 Å². The molecule has 0 spiro atoms. The number of sulfonamides is 1. The van der Waals surface area contributed by atoms with Gasteiger partial charge in [-0.3, -0.25) is 37.6 Å². The number of piperidine rings is 1. The van der Waals surface area contributed by atoms with Crippen LogP contribution in [-0.2, 0) is 84.0 Å². The summed E-state index contributed by atoms with van der Waals surface area (Å²) in [6, 6.07) is 38.7. The van der Waals surface area contributed by atoms with Gasteiger partial charge in [0.2, 0.25) is 50.2 Å². The third kappa shape index (κ3) is 22.1. The lowest BCUT2D eigenvalue weighted by atomic mass is 9.71. The first kappa shape index (κ1) is 107. The van der Waals surface area contributed by atoms with Gasteiger partial charge in [0, 0.05) is 162 Å². The number of thiophene rings is 1. The number of unbranched alkanes of at least 4 members (excludes halogenated alkanes) is 5. The smallest absolute Gasteiger partial charge is 0.294 e. The van der Waals surface area contributed by atoms with Gasteiger partial charge in [-0.1, -0.05) is 106 Å². The molecule has 2 aliphatic carbocycles. The van der Waals surface area contributed by atoms with E-state index in [0.29, 0.717) is 108 Å². The Morgan fingerprint density at radius 1 is 0.662 bits per heavy atom. The molecule has 38 heteroatoms. The number of allylic oxidation sites excluding steroid dienone is 6. The van der Waals surface area contributed by atoms with Gasteiger partial charge < -0.3 is 34.9 Å². The van der Waals surface area contributed by atoms with Crippen LogP contribution in [0.3, 0.4) is 0 Å². The molecule has 3 amide bonds. The standard InChI is InChI=1S/C110H119F4N11O18S5/c1-9-121-87-44-38-78(147(136,137)138)63-83(87)108(4,5)96(121)27-14-10-15-28-97-109(6,7)84-64-79(148(139,140)141)39-45-88(84)124(97)53-22-12-16-29-98(128)115-51-21-19-24-89(125-65-95(118-119-125)110(8,74-33-30-68(2)31-34-74)117-107(130)73-50-58-144-67-73)91(127)66-142-105-103(113)101(111)100(102(112)104(105)114)90(126)25-13-11-20-52-116-106(129)70-46-54-120(55-47-70)145(131,132)94-26-18-17-23-82(94)99-80-40-35-75(122-56-48-71-59-69(3)32-42-85(71)122)61-92(80)143-93-62-76(36-41-81(93)99)123-57-49-72-60-77(146(133,134)135)37-43-86(72)123/h10,14-15,17-18,23,26-28,32,35-45,50,58-65,67-68,70,74,89H,9,11-13,16,19-22,24-25,29-31,33-34,46-49,51-57,66H2,1-8H3,(H4-2,115,116,117,128,129,130,133,134,135,136,137,138,139,140,141)/p+2/t68?,74?,89-,110+/m0/s1. The molecule has 7 aromatic carbocycles. The first-order valence-electron chi connectivity index (χ1n) is 50.2. The number of ether oxygens (including phenoxy) is 1. The van der Waals surface area contributed by atoms with Crippen LogP contribution in [0.25, 0.3) is 33.4 Å². The minimum Gasteiger partial charge on any atom is -0.479 e. The SMILES string of the molecule is CC[N+]1=C(/C=C/C=C/C=C2/N(CCCCCC(=O)NCCCC[C@@H](C(=O)COc3c(F)c(F)c(C(=O)CCCCCNC(=O)C4CCN(S(=O)(=O)c5ccccc5-c5c6ccc(=[N+]7CCc8cc(S(=O)(=O)O)ccc87)cc-6oc6cc(N7CCc8cc(C)ccc87)ccc56)CC4)c(F)c3F)n3cc([C@](C)(NC(=O)c4ccsc4)C4CCC(C)CC4)nn3)c3ccc(S(=O)(=O)O)cc3C2(C)C)C(C)(C)c2cc(S(=O)(=O)O)ccc21. The molecular weight excluding hydrogens is 2000 g/mol. The lowest BCUT2D eigenvalue weighted by Gasteiger charge is -2.40. The van der Waals surface area contributed by atoms with Crippen LogP contribution in [0.15, 0.2) is 217 Å². The van der Waals surface area contributed by atoms with Crippen LogP contribution in [0.4, 0.5) is 46.0 Å².